The van der Waals surface area contributed by atoms with Crippen molar-refractivity contribution >= 4 is 72.9 Å². The van der Waals surface area contributed by atoms with Crippen molar-refractivity contribution in [1.82, 2.24) is 29.9 Å². The molecule has 0 aliphatic heterocycles. The molecule has 446 valence electrons. The molecule has 91 heavy (non-hydrogen) atoms. The van der Waals surface area contributed by atoms with Gasteiger partial charge in [-0.1, -0.05) is 252 Å². The van der Waals surface area contributed by atoms with Crippen molar-refractivity contribution in [3.8, 4) is 34.2 Å². The molecule has 12 rings (SSSR count). The summed E-state index contributed by atoms with van der Waals surface area (Å²) in [6.07, 6.45) is 36.4. The number of aromatic nitrogens is 6. The van der Waals surface area contributed by atoms with E-state index in [4.69, 9.17) is 0 Å². The van der Waals surface area contributed by atoms with Crippen LogP contribution >= 0.6 is 0 Å². The molecule has 0 saturated carbocycles. The third-order valence-corrected chi connectivity index (χ3v) is 14.8. The van der Waals surface area contributed by atoms with Crippen LogP contribution in [-0.4, -0.2) is 29.9 Å². The van der Waals surface area contributed by atoms with Crippen LogP contribution in [0.4, 0.5) is 0 Å². The minimum Gasteiger partial charge on any atom is -0.255 e. The molecule has 0 atom stereocenters. The Labute approximate surface area is 550 Å². The zero-order valence-electron chi connectivity index (χ0n) is 52.2. The molecule has 0 fully saturated rings. The minimum absolute atomic E-state index is 0. The maximum absolute atomic E-state index is 4.52. The van der Waals surface area contributed by atoms with E-state index in [1.165, 1.54) is 66.8 Å². The number of aryl methyl sites for hydroxylation is 6. The number of nitrogens with zero attached hydrogens (tertiary/aromatic N) is 6. The van der Waals surface area contributed by atoms with Gasteiger partial charge in [0.15, 0.2) is 0 Å². The van der Waals surface area contributed by atoms with E-state index >= 15 is 0 Å². The Hall–Kier alpha value is -10.7. The summed E-state index contributed by atoms with van der Waals surface area (Å²) < 4.78 is 0. The van der Waals surface area contributed by atoms with Crippen LogP contribution in [0, 0.1) is 41.5 Å². The molecule has 0 aliphatic rings. The first-order valence-corrected chi connectivity index (χ1v) is 30.2. The Morgan fingerprint density at radius 3 is 0.418 bits per heavy atom. The maximum Gasteiger partial charge on any atom is 0.0892 e. The zero-order chi connectivity index (χ0) is 62.3. The molecule has 12 aromatic rings. The van der Waals surface area contributed by atoms with Crippen LogP contribution in [0.5, 0.6) is 0 Å². The fourth-order valence-corrected chi connectivity index (χ4v) is 9.36. The molecule has 6 aromatic heterocycles. The van der Waals surface area contributed by atoms with E-state index in [1.807, 2.05) is 73.6 Å². The van der Waals surface area contributed by atoms with Gasteiger partial charge < -0.3 is 0 Å². The Morgan fingerprint density at radius 2 is 0.286 bits per heavy atom. The third-order valence-electron chi connectivity index (χ3n) is 14.8. The molecule has 0 unspecified atom stereocenters. The summed E-state index contributed by atoms with van der Waals surface area (Å²) in [6.45, 7) is 12.6. The van der Waals surface area contributed by atoms with E-state index in [-0.39, 0.29) is 19.5 Å². The van der Waals surface area contributed by atoms with Crippen molar-refractivity contribution in [2.75, 3.05) is 0 Å². The van der Waals surface area contributed by atoms with Gasteiger partial charge in [0.1, 0.15) is 0 Å². The van der Waals surface area contributed by atoms with Crippen LogP contribution in [0.25, 0.3) is 107 Å². The van der Waals surface area contributed by atoms with Crippen molar-refractivity contribution in [2.45, 2.75) is 41.5 Å². The van der Waals surface area contributed by atoms with Gasteiger partial charge in [-0.25, -0.2) is 0 Å². The molecular weight excluding hydrogens is 1190 g/mol. The Kier molecular flexibility index (Phi) is 23.5. The Morgan fingerprint density at radius 1 is 0.165 bits per heavy atom. The van der Waals surface area contributed by atoms with E-state index < -0.39 is 0 Å². The van der Waals surface area contributed by atoms with Gasteiger partial charge in [0.2, 0.25) is 0 Å². The van der Waals surface area contributed by atoms with Gasteiger partial charge in [-0.15, -0.1) is 0 Å². The van der Waals surface area contributed by atoms with Crippen LogP contribution < -0.4 is 0 Å². The first-order valence-electron chi connectivity index (χ1n) is 30.2. The van der Waals surface area contributed by atoms with Crippen LogP contribution in [0.3, 0.4) is 0 Å². The van der Waals surface area contributed by atoms with Crippen molar-refractivity contribution in [2.24, 2.45) is 0 Å². The van der Waals surface area contributed by atoms with Crippen LogP contribution in [0.15, 0.2) is 256 Å². The van der Waals surface area contributed by atoms with Crippen LogP contribution in [-0.2, 0) is 19.5 Å². The first kappa shape index (κ1) is 64.7. The summed E-state index contributed by atoms with van der Waals surface area (Å²) in [7, 11) is 0. The number of benzene rings is 6. The second kappa shape index (κ2) is 33.0. The average Bonchev–Trinajstić information content (AvgIpc) is 1.61. The quantitative estimate of drug-likeness (QED) is 0.0952. The maximum atomic E-state index is 4.52. The van der Waals surface area contributed by atoms with Gasteiger partial charge in [0.25, 0.3) is 0 Å². The first-order chi connectivity index (χ1) is 44.0. The summed E-state index contributed by atoms with van der Waals surface area (Å²) >= 11 is 0. The van der Waals surface area contributed by atoms with Gasteiger partial charge >= 0.3 is 0 Å². The van der Waals surface area contributed by atoms with Gasteiger partial charge in [-0.2, -0.15) is 0 Å². The van der Waals surface area contributed by atoms with Crippen LogP contribution in [0.2, 0.25) is 0 Å². The second-order valence-electron chi connectivity index (χ2n) is 22.3. The fraction of sp³-hybridized carbons (Fsp3) is 0.0714. The molecule has 0 aliphatic carbocycles. The Balaban J connectivity index is 0.000000161. The molecule has 6 aromatic carbocycles. The molecule has 0 spiro atoms. The van der Waals surface area contributed by atoms with E-state index in [9.17, 15) is 0 Å². The number of pyridine rings is 6. The normalized spacial score (nSPS) is 11.3. The molecule has 0 radical (unpaired) electrons. The third kappa shape index (κ3) is 20.7. The SMILES string of the molecule is Cc1ccc(/C=C/c2ccnc(-c3cc(/C=C/c4ccc(C)cc4)ccn3)c2)cc1.Cc1ccc(/C=C/c2ccnc(-c3cc(/C=C/c4ccc(C)cc4)ccn3)c2)cc1.Cc1ccc(/C=C/c2ccnc(-c3cc(/C=C/c4ccc(C)cc4)ccn3)c2)cc1.[Ru]. The summed E-state index contributed by atoms with van der Waals surface area (Å²) in [5, 5.41) is 0. The van der Waals surface area contributed by atoms with Gasteiger partial charge in [0, 0.05) is 56.7 Å². The van der Waals surface area contributed by atoms with Crippen molar-refractivity contribution < 1.29 is 19.5 Å². The largest absolute Gasteiger partial charge is 0.255 e. The second-order valence-corrected chi connectivity index (χ2v) is 22.3. The monoisotopic (exact) mass is 1270 g/mol. The van der Waals surface area contributed by atoms with Gasteiger partial charge in [0.05, 0.1) is 34.2 Å². The molecule has 0 bridgehead atoms. The molecule has 7 heteroatoms. The standard InChI is InChI=1S/3C28H24N2.Ru/c3*1-21-3-7-23(8-4-21)11-13-25-15-17-29-27(19-25)28-20-26(16-18-30-28)14-12-24-9-5-22(2)6-10-24;/h3*3-20H,1-2H3;/b3*13-11+,14-12+;. The summed E-state index contributed by atoms with van der Waals surface area (Å²) in [4.78, 5) is 27.1. The number of hydrogen-bond donors (Lipinski definition) is 0. The van der Waals surface area contributed by atoms with E-state index in [2.05, 4.69) is 326 Å². The van der Waals surface area contributed by atoms with Crippen molar-refractivity contribution in [3.05, 3.63) is 356 Å². The number of hydrogen-bond acceptors (Lipinski definition) is 6. The summed E-state index contributed by atoms with van der Waals surface area (Å²) in [5.41, 5.74) is 26.5. The average molecular weight is 1270 g/mol. The van der Waals surface area contributed by atoms with Crippen LogP contribution in [0.1, 0.15) is 100 Å². The number of rotatable bonds is 15. The van der Waals surface area contributed by atoms with E-state index in [1.54, 1.807) is 0 Å². The topological polar surface area (TPSA) is 77.3 Å². The molecule has 6 nitrogen and oxygen atoms in total. The zero-order valence-corrected chi connectivity index (χ0v) is 54.0. The van der Waals surface area contributed by atoms with Gasteiger partial charge in [-0.3, -0.25) is 29.9 Å². The fourth-order valence-electron chi connectivity index (χ4n) is 9.36. The predicted octanol–water partition coefficient (Wildman–Crippen LogP) is 21.3. The van der Waals surface area contributed by atoms with Gasteiger partial charge in [-0.05, 0) is 181 Å². The minimum atomic E-state index is 0. The van der Waals surface area contributed by atoms with Crippen molar-refractivity contribution in [3.63, 3.8) is 0 Å². The molecule has 0 amide bonds. The Bertz CT molecular complexity index is 3730. The summed E-state index contributed by atoms with van der Waals surface area (Å²) in [5.74, 6) is 0. The predicted molar refractivity (Wildman–Crippen MR) is 383 cm³/mol. The molecule has 0 N–H and O–H groups in total. The molecular formula is C84H72N6Ru. The van der Waals surface area contributed by atoms with E-state index in [0.717, 1.165) is 67.5 Å². The molecule has 0 saturated heterocycles. The smallest absolute Gasteiger partial charge is 0.0892 e. The summed E-state index contributed by atoms with van der Waals surface area (Å²) in [6, 6.07) is 75.4. The molecule has 6 heterocycles. The van der Waals surface area contributed by atoms with E-state index in [0.29, 0.717) is 0 Å². The van der Waals surface area contributed by atoms with Crippen molar-refractivity contribution in [1.29, 1.82) is 0 Å².